The van der Waals surface area contributed by atoms with Gasteiger partial charge in [-0.2, -0.15) is 0 Å². The molecule has 0 bridgehead atoms. The van der Waals surface area contributed by atoms with E-state index < -0.39 is 0 Å². The van der Waals surface area contributed by atoms with Crippen LogP contribution in [0.2, 0.25) is 0 Å². The molecule has 0 fully saturated rings. The third kappa shape index (κ3) is 3.42. The maximum Gasteiger partial charge on any atom is 0.0979 e. The molecule has 0 saturated heterocycles. The highest BCUT2D eigenvalue weighted by Crippen LogP contribution is 2.37. The van der Waals surface area contributed by atoms with Crippen molar-refractivity contribution in [1.82, 2.24) is 0 Å². The first-order valence-corrected chi connectivity index (χ1v) is 9.54. The van der Waals surface area contributed by atoms with E-state index in [0.29, 0.717) is 6.04 Å². The van der Waals surface area contributed by atoms with Crippen molar-refractivity contribution in [3.8, 4) is 0 Å². The summed E-state index contributed by atoms with van der Waals surface area (Å²) < 4.78 is 0. The van der Waals surface area contributed by atoms with Gasteiger partial charge in [-0.3, -0.25) is 0 Å². The lowest BCUT2D eigenvalue weighted by Gasteiger charge is -2.33. The van der Waals surface area contributed by atoms with Crippen LogP contribution in [0.25, 0.3) is 0 Å². The molecule has 2 aromatic heterocycles. The smallest absolute Gasteiger partial charge is 0.0979 e. The van der Waals surface area contributed by atoms with Crippen LogP contribution >= 0.6 is 22.7 Å². The standard InChI is InChI=1S/C19H21NS2/c1-2-3-13-20(16-9-5-4-6-10-16)19(17-11-7-14-21-17)18-12-8-15-22-18/h4-12,14-15,19H,2-3,13H2,1H3. The fourth-order valence-electron chi connectivity index (χ4n) is 2.70. The Morgan fingerprint density at radius 3 is 2.00 bits per heavy atom. The highest BCUT2D eigenvalue weighted by molar-refractivity contribution is 7.11. The molecule has 0 amide bonds. The van der Waals surface area contributed by atoms with Gasteiger partial charge in [0.1, 0.15) is 0 Å². The van der Waals surface area contributed by atoms with Crippen molar-refractivity contribution in [2.24, 2.45) is 0 Å². The van der Waals surface area contributed by atoms with Crippen LogP contribution in [0.4, 0.5) is 5.69 Å². The van der Waals surface area contributed by atoms with Crippen LogP contribution in [0.5, 0.6) is 0 Å². The molecule has 1 aromatic carbocycles. The number of hydrogen-bond donors (Lipinski definition) is 0. The van der Waals surface area contributed by atoms with E-state index in [-0.39, 0.29) is 0 Å². The highest BCUT2D eigenvalue weighted by atomic mass is 32.1. The third-order valence-corrected chi connectivity index (χ3v) is 5.63. The van der Waals surface area contributed by atoms with E-state index in [1.165, 1.54) is 28.3 Å². The van der Waals surface area contributed by atoms with Crippen LogP contribution in [-0.4, -0.2) is 6.54 Å². The summed E-state index contributed by atoms with van der Waals surface area (Å²) in [6.45, 7) is 3.34. The van der Waals surface area contributed by atoms with Gasteiger partial charge < -0.3 is 4.90 Å². The van der Waals surface area contributed by atoms with Gasteiger partial charge in [0.25, 0.3) is 0 Å². The number of hydrogen-bond acceptors (Lipinski definition) is 3. The average molecular weight is 328 g/mol. The SMILES string of the molecule is CCCCN(c1ccccc1)C(c1cccs1)c1cccs1. The maximum absolute atomic E-state index is 2.56. The van der Waals surface area contributed by atoms with E-state index in [1.807, 2.05) is 22.7 Å². The second-order valence-electron chi connectivity index (χ2n) is 5.32. The number of anilines is 1. The zero-order chi connectivity index (χ0) is 15.2. The number of benzene rings is 1. The number of unbranched alkanes of at least 4 members (excludes halogenated alkanes) is 1. The van der Waals surface area contributed by atoms with Gasteiger partial charge in [-0.05, 0) is 41.4 Å². The van der Waals surface area contributed by atoms with Crippen molar-refractivity contribution in [2.45, 2.75) is 25.8 Å². The van der Waals surface area contributed by atoms with Crippen molar-refractivity contribution >= 4 is 28.4 Å². The minimum atomic E-state index is 0.328. The minimum absolute atomic E-state index is 0.328. The van der Waals surface area contributed by atoms with Gasteiger partial charge in [0.2, 0.25) is 0 Å². The summed E-state index contributed by atoms with van der Waals surface area (Å²) in [5.41, 5.74) is 1.31. The molecule has 0 aliphatic heterocycles. The Bertz CT molecular complexity index is 610. The van der Waals surface area contributed by atoms with Gasteiger partial charge in [-0.25, -0.2) is 0 Å². The third-order valence-electron chi connectivity index (χ3n) is 3.78. The van der Waals surface area contributed by atoms with Crippen LogP contribution in [0, 0.1) is 0 Å². The van der Waals surface area contributed by atoms with E-state index in [2.05, 4.69) is 77.2 Å². The molecule has 2 heterocycles. The predicted molar refractivity (Wildman–Crippen MR) is 99.2 cm³/mol. The first kappa shape index (κ1) is 15.3. The normalized spacial score (nSPS) is 11.0. The van der Waals surface area contributed by atoms with Crippen LogP contribution in [0.1, 0.15) is 35.6 Å². The van der Waals surface area contributed by atoms with Crippen LogP contribution in [0.3, 0.4) is 0 Å². The fourth-order valence-corrected chi connectivity index (χ4v) is 4.48. The first-order chi connectivity index (χ1) is 10.9. The van der Waals surface area contributed by atoms with E-state index in [9.17, 15) is 0 Å². The van der Waals surface area contributed by atoms with Crippen LogP contribution < -0.4 is 4.90 Å². The Balaban J connectivity index is 2.01. The summed E-state index contributed by atoms with van der Waals surface area (Å²) in [5.74, 6) is 0. The van der Waals surface area contributed by atoms with Gasteiger partial charge in [0, 0.05) is 22.0 Å². The second kappa shape index (κ2) is 7.61. The molecule has 114 valence electrons. The number of para-hydroxylation sites is 1. The number of thiophene rings is 2. The lowest BCUT2D eigenvalue weighted by molar-refractivity contribution is 0.672. The lowest BCUT2D eigenvalue weighted by atomic mass is 10.1. The maximum atomic E-state index is 2.56. The van der Waals surface area contributed by atoms with Crippen molar-refractivity contribution in [1.29, 1.82) is 0 Å². The van der Waals surface area contributed by atoms with Gasteiger partial charge in [0.15, 0.2) is 0 Å². The van der Waals surface area contributed by atoms with Crippen molar-refractivity contribution in [3.05, 3.63) is 75.1 Å². The molecule has 3 rings (SSSR count). The predicted octanol–water partition coefficient (Wildman–Crippen LogP) is 6.21. The van der Waals surface area contributed by atoms with Crippen molar-refractivity contribution < 1.29 is 0 Å². The topological polar surface area (TPSA) is 3.24 Å². The lowest BCUT2D eigenvalue weighted by Crippen LogP contribution is -2.29. The van der Waals surface area contributed by atoms with Gasteiger partial charge in [-0.15, -0.1) is 22.7 Å². The molecule has 3 aromatic rings. The molecule has 22 heavy (non-hydrogen) atoms. The molecule has 0 saturated carbocycles. The quantitative estimate of drug-likeness (QED) is 0.499. The summed E-state index contributed by atoms with van der Waals surface area (Å²) >= 11 is 3.70. The molecule has 0 spiro atoms. The van der Waals surface area contributed by atoms with E-state index in [0.717, 1.165) is 6.54 Å². The summed E-state index contributed by atoms with van der Waals surface area (Å²) in [5, 5.41) is 4.36. The fraction of sp³-hybridized carbons (Fsp3) is 0.263. The Morgan fingerprint density at radius 2 is 1.50 bits per heavy atom. The second-order valence-corrected chi connectivity index (χ2v) is 7.27. The molecule has 0 aliphatic carbocycles. The number of nitrogens with zero attached hydrogens (tertiary/aromatic N) is 1. The Hall–Kier alpha value is -1.58. The molecule has 0 radical (unpaired) electrons. The van der Waals surface area contributed by atoms with Crippen LogP contribution in [0.15, 0.2) is 65.4 Å². The molecular weight excluding hydrogens is 306 g/mol. The minimum Gasteiger partial charge on any atom is -0.359 e. The summed E-state index contributed by atoms with van der Waals surface area (Å²) in [7, 11) is 0. The number of rotatable bonds is 7. The Morgan fingerprint density at radius 1 is 0.864 bits per heavy atom. The van der Waals surface area contributed by atoms with Crippen LogP contribution in [-0.2, 0) is 0 Å². The average Bonchev–Trinajstić information content (AvgIpc) is 3.26. The Kier molecular flexibility index (Phi) is 5.30. The Labute approximate surface area is 140 Å². The first-order valence-electron chi connectivity index (χ1n) is 7.78. The van der Waals surface area contributed by atoms with Gasteiger partial charge in [-0.1, -0.05) is 43.7 Å². The highest BCUT2D eigenvalue weighted by Gasteiger charge is 2.24. The molecule has 0 N–H and O–H groups in total. The molecule has 0 unspecified atom stereocenters. The molecule has 0 aliphatic rings. The summed E-state index contributed by atoms with van der Waals surface area (Å²) in [4.78, 5) is 5.39. The van der Waals surface area contributed by atoms with E-state index in [1.54, 1.807) is 0 Å². The molecule has 0 atom stereocenters. The summed E-state index contributed by atoms with van der Waals surface area (Å²) in [6, 6.07) is 20.0. The van der Waals surface area contributed by atoms with Gasteiger partial charge >= 0.3 is 0 Å². The zero-order valence-corrected chi connectivity index (χ0v) is 14.4. The van der Waals surface area contributed by atoms with E-state index in [4.69, 9.17) is 0 Å². The van der Waals surface area contributed by atoms with Crippen molar-refractivity contribution in [3.63, 3.8) is 0 Å². The van der Waals surface area contributed by atoms with Gasteiger partial charge in [0.05, 0.1) is 6.04 Å². The summed E-state index contributed by atoms with van der Waals surface area (Å²) in [6.07, 6.45) is 2.42. The monoisotopic (exact) mass is 327 g/mol. The molecule has 3 heteroatoms. The largest absolute Gasteiger partial charge is 0.359 e. The zero-order valence-electron chi connectivity index (χ0n) is 12.8. The van der Waals surface area contributed by atoms with E-state index >= 15 is 0 Å². The molecular formula is C19H21NS2. The molecule has 1 nitrogen and oxygen atoms in total. The van der Waals surface area contributed by atoms with Crippen molar-refractivity contribution in [2.75, 3.05) is 11.4 Å².